The lowest BCUT2D eigenvalue weighted by Gasteiger charge is -2.23. The quantitative estimate of drug-likeness (QED) is 0.830. The van der Waals surface area contributed by atoms with Gasteiger partial charge in [-0.3, -0.25) is 4.79 Å². The zero-order valence-corrected chi connectivity index (χ0v) is 10.6. The molecular formula is C14H21NO. The maximum atomic E-state index is 11.9. The van der Waals surface area contributed by atoms with E-state index in [4.69, 9.17) is 0 Å². The summed E-state index contributed by atoms with van der Waals surface area (Å²) in [6, 6.07) is 10.2. The van der Waals surface area contributed by atoms with Gasteiger partial charge >= 0.3 is 0 Å². The molecule has 1 atom stereocenters. The summed E-state index contributed by atoms with van der Waals surface area (Å²) < 4.78 is 0. The van der Waals surface area contributed by atoms with E-state index in [0.29, 0.717) is 0 Å². The topological polar surface area (TPSA) is 29.1 Å². The minimum atomic E-state index is -0.331. The van der Waals surface area contributed by atoms with Crippen LogP contribution in [0, 0.1) is 5.41 Å². The third kappa shape index (κ3) is 3.37. The fourth-order valence-corrected chi connectivity index (χ4v) is 1.48. The van der Waals surface area contributed by atoms with Crippen molar-refractivity contribution in [1.29, 1.82) is 0 Å². The van der Waals surface area contributed by atoms with Crippen molar-refractivity contribution in [3.8, 4) is 0 Å². The largest absolute Gasteiger partial charge is 0.349 e. The number of carbonyl (C=O) groups excluding carboxylic acids is 1. The molecule has 2 heteroatoms. The van der Waals surface area contributed by atoms with Crippen molar-refractivity contribution in [2.45, 2.75) is 40.2 Å². The summed E-state index contributed by atoms with van der Waals surface area (Å²) in [5.74, 6) is 0.100. The summed E-state index contributed by atoms with van der Waals surface area (Å²) in [4.78, 5) is 11.9. The second kappa shape index (κ2) is 5.15. The number of carbonyl (C=O) groups is 1. The number of hydrogen-bond donors (Lipinski definition) is 1. The van der Waals surface area contributed by atoms with Crippen LogP contribution in [-0.2, 0) is 4.79 Å². The first-order valence-corrected chi connectivity index (χ1v) is 5.81. The van der Waals surface area contributed by atoms with Crippen LogP contribution in [-0.4, -0.2) is 5.91 Å². The van der Waals surface area contributed by atoms with Gasteiger partial charge < -0.3 is 5.32 Å². The molecule has 0 aliphatic carbocycles. The molecule has 0 spiro atoms. The molecule has 1 aromatic rings. The average Bonchev–Trinajstić information content (AvgIpc) is 2.25. The van der Waals surface area contributed by atoms with E-state index in [1.807, 2.05) is 39.0 Å². The molecule has 2 nitrogen and oxygen atoms in total. The molecule has 1 rings (SSSR count). The van der Waals surface area contributed by atoms with E-state index in [9.17, 15) is 4.79 Å². The summed E-state index contributed by atoms with van der Waals surface area (Å²) in [5, 5.41) is 3.08. The van der Waals surface area contributed by atoms with Gasteiger partial charge in [0.2, 0.25) is 5.91 Å². The van der Waals surface area contributed by atoms with Gasteiger partial charge in [0.15, 0.2) is 0 Å². The Morgan fingerprint density at radius 2 is 1.81 bits per heavy atom. The van der Waals surface area contributed by atoms with Gasteiger partial charge in [-0.2, -0.15) is 0 Å². The van der Waals surface area contributed by atoms with E-state index < -0.39 is 0 Å². The minimum absolute atomic E-state index is 0.100. The van der Waals surface area contributed by atoms with Gasteiger partial charge in [0.25, 0.3) is 0 Å². The Hall–Kier alpha value is -1.31. The predicted molar refractivity (Wildman–Crippen MR) is 67.1 cm³/mol. The molecule has 0 aliphatic heterocycles. The Morgan fingerprint density at radius 1 is 1.25 bits per heavy atom. The average molecular weight is 219 g/mol. The van der Waals surface area contributed by atoms with Crippen LogP contribution < -0.4 is 5.32 Å². The van der Waals surface area contributed by atoms with Gasteiger partial charge in [-0.25, -0.2) is 0 Å². The lowest BCUT2D eigenvalue weighted by atomic mass is 9.94. The van der Waals surface area contributed by atoms with Crippen LogP contribution >= 0.6 is 0 Å². The van der Waals surface area contributed by atoms with Gasteiger partial charge in [-0.1, -0.05) is 58.0 Å². The molecule has 0 aromatic heterocycles. The molecule has 0 aliphatic rings. The summed E-state index contributed by atoms with van der Waals surface area (Å²) in [7, 11) is 0. The van der Waals surface area contributed by atoms with Gasteiger partial charge in [0, 0.05) is 5.41 Å². The predicted octanol–water partition coefficient (Wildman–Crippen LogP) is 3.30. The highest BCUT2D eigenvalue weighted by molar-refractivity contribution is 5.81. The Bertz CT molecular complexity index is 338. The van der Waals surface area contributed by atoms with E-state index in [1.165, 1.54) is 5.56 Å². The molecule has 1 aromatic carbocycles. The van der Waals surface area contributed by atoms with Crippen LogP contribution in [0.15, 0.2) is 30.3 Å². The van der Waals surface area contributed by atoms with Crippen molar-refractivity contribution >= 4 is 5.91 Å². The fraction of sp³-hybridized carbons (Fsp3) is 0.500. The number of rotatable bonds is 3. The third-order valence-electron chi connectivity index (χ3n) is 2.60. The van der Waals surface area contributed by atoms with E-state index >= 15 is 0 Å². The number of amides is 1. The van der Waals surface area contributed by atoms with Gasteiger partial charge in [-0.15, -0.1) is 0 Å². The zero-order valence-electron chi connectivity index (χ0n) is 10.6. The molecule has 88 valence electrons. The zero-order chi connectivity index (χ0) is 12.2. The molecule has 0 saturated carbocycles. The fourth-order valence-electron chi connectivity index (χ4n) is 1.48. The molecule has 1 amide bonds. The maximum absolute atomic E-state index is 11.9. The molecule has 0 heterocycles. The van der Waals surface area contributed by atoms with Crippen LogP contribution in [0.5, 0.6) is 0 Å². The molecule has 16 heavy (non-hydrogen) atoms. The molecule has 1 N–H and O–H groups in total. The second-order valence-electron chi connectivity index (χ2n) is 5.09. The third-order valence-corrected chi connectivity index (χ3v) is 2.60. The first-order valence-electron chi connectivity index (χ1n) is 5.81. The van der Waals surface area contributed by atoms with Crippen LogP contribution in [0.3, 0.4) is 0 Å². The standard InChI is InChI=1S/C14H21NO/c1-5-12(11-9-7-6-8-10-11)15-13(16)14(2,3)4/h6-10,12H,5H2,1-4H3,(H,15,16)/t12-/m1/s1. The molecule has 0 unspecified atom stereocenters. The molecule has 0 radical (unpaired) electrons. The van der Waals surface area contributed by atoms with Crippen molar-refractivity contribution in [3.63, 3.8) is 0 Å². The van der Waals surface area contributed by atoms with Crippen LogP contribution in [0.2, 0.25) is 0 Å². The smallest absolute Gasteiger partial charge is 0.225 e. The van der Waals surface area contributed by atoms with Crippen LogP contribution in [0.25, 0.3) is 0 Å². The van der Waals surface area contributed by atoms with Gasteiger partial charge in [-0.05, 0) is 12.0 Å². The SMILES string of the molecule is CC[C@@H](NC(=O)C(C)(C)C)c1ccccc1. The summed E-state index contributed by atoms with van der Waals surface area (Å²) in [5.41, 5.74) is 0.838. The van der Waals surface area contributed by atoms with Crippen molar-refractivity contribution in [1.82, 2.24) is 5.32 Å². The van der Waals surface area contributed by atoms with Crippen molar-refractivity contribution < 1.29 is 4.79 Å². The number of hydrogen-bond acceptors (Lipinski definition) is 1. The highest BCUT2D eigenvalue weighted by Gasteiger charge is 2.23. The Morgan fingerprint density at radius 3 is 2.25 bits per heavy atom. The lowest BCUT2D eigenvalue weighted by Crippen LogP contribution is -2.37. The molecule has 0 saturated heterocycles. The van der Waals surface area contributed by atoms with E-state index in [-0.39, 0.29) is 17.4 Å². The van der Waals surface area contributed by atoms with Gasteiger partial charge in [0.05, 0.1) is 6.04 Å². The van der Waals surface area contributed by atoms with Crippen molar-refractivity contribution in [2.24, 2.45) is 5.41 Å². The van der Waals surface area contributed by atoms with E-state index in [0.717, 1.165) is 6.42 Å². The summed E-state index contributed by atoms with van der Waals surface area (Å²) in [6.07, 6.45) is 0.909. The minimum Gasteiger partial charge on any atom is -0.349 e. The van der Waals surface area contributed by atoms with Crippen molar-refractivity contribution in [3.05, 3.63) is 35.9 Å². The second-order valence-corrected chi connectivity index (χ2v) is 5.09. The van der Waals surface area contributed by atoms with Crippen molar-refractivity contribution in [2.75, 3.05) is 0 Å². The normalized spacial score (nSPS) is 13.2. The van der Waals surface area contributed by atoms with Crippen LogP contribution in [0.1, 0.15) is 45.7 Å². The number of benzene rings is 1. The molecule has 0 fully saturated rings. The number of nitrogens with one attached hydrogen (secondary N) is 1. The first kappa shape index (κ1) is 12.8. The highest BCUT2D eigenvalue weighted by atomic mass is 16.2. The van der Waals surface area contributed by atoms with E-state index in [1.54, 1.807) is 0 Å². The lowest BCUT2D eigenvalue weighted by molar-refractivity contribution is -0.129. The molecule has 0 bridgehead atoms. The monoisotopic (exact) mass is 219 g/mol. The molecular weight excluding hydrogens is 198 g/mol. The Balaban J connectivity index is 2.75. The summed E-state index contributed by atoms with van der Waals surface area (Å²) >= 11 is 0. The maximum Gasteiger partial charge on any atom is 0.225 e. The van der Waals surface area contributed by atoms with E-state index in [2.05, 4.69) is 24.4 Å². The Labute approximate surface area is 98.1 Å². The van der Waals surface area contributed by atoms with Crippen LogP contribution in [0.4, 0.5) is 0 Å². The highest BCUT2D eigenvalue weighted by Crippen LogP contribution is 2.20. The van der Waals surface area contributed by atoms with Gasteiger partial charge in [0.1, 0.15) is 0 Å². The first-order chi connectivity index (χ1) is 7.45. The Kier molecular flexibility index (Phi) is 4.11. The summed E-state index contributed by atoms with van der Waals surface area (Å²) in [6.45, 7) is 7.88.